The molecule has 0 saturated carbocycles. The van der Waals surface area contributed by atoms with Crippen molar-refractivity contribution in [2.24, 2.45) is 0 Å². The fraction of sp³-hybridized carbons (Fsp3) is 0. The molecule has 7 aromatic carbocycles. The van der Waals surface area contributed by atoms with Gasteiger partial charge in [-0.05, 0) is 97.4 Å². The van der Waals surface area contributed by atoms with E-state index >= 15 is 0 Å². The molecule has 50 heavy (non-hydrogen) atoms. The number of hydrogen-bond acceptors (Lipinski definition) is 4. The van der Waals surface area contributed by atoms with E-state index in [0.717, 1.165) is 50.1 Å². The third-order valence-electron chi connectivity index (χ3n) is 9.18. The minimum atomic E-state index is 0.621. The highest BCUT2D eigenvalue weighted by molar-refractivity contribution is 6.14. The lowest BCUT2D eigenvalue weighted by Crippen LogP contribution is -2.00. The molecule has 234 valence electrons. The lowest BCUT2D eigenvalue weighted by Gasteiger charge is -2.15. The molecule has 0 atom stereocenters. The van der Waals surface area contributed by atoms with Crippen molar-refractivity contribution in [2.45, 2.75) is 0 Å². The fourth-order valence-corrected chi connectivity index (χ4v) is 6.73. The van der Waals surface area contributed by atoms with E-state index in [0.29, 0.717) is 17.5 Å². The van der Waals surface area contributed by atoms with Gasteiger partial charge in [0, 0.05) is 29.1 Å². The average Bonchev–Trinajstić information content (AvgIpc) is 3.21. The molecular weight excluding hydrogens is 609 g/mol. The van der Waals surface area contributed by atoms with Gasteiger partial charge in [0.15, 0.2) is 17.5 Å². The van der Waals surface area contributed by atoms with E-state index in [1.54, 1.807) is 0 Å². The fourth-order valence-electron chi connectivity index (χ4n) is 6.73. The number of aromatic nitrogens is 4. The highest BCUT2D eigenvalue weighted by Gasteiger charge is 2.17. The SMILES string of the molecule is c1ccc(-c2nc(-c3ccccc3)nc(-c3cc(-c4cccc(-c5ccncc5)c4)cc(-c4cc5ccccc5c5ccccc45)c3)n2)cc1. The van der Waals surface area contributed by atoms with E-state index in [2.05, 4.69) is 102 Å². The normalized spacial score (nSPS) is 11.2. The van der Waals surface area contributed by atoms with Crippen LogP contribution in [0.1, 0.15) is 0 Å². The lowest BCUT2D eigenvalue weighted by molar-refractivity contribution is 1.07. The number of hydrogen-bond donors (Lipinski definition) is 0. The van der Waals surface area contributed by atoms with Crippen molar-refractivity contribution in [1.29, 1.82) is 0 Å². The molecule has 4 nitrogen and oxygen atoms in total. The monoisotopic (exact) mass is 638 g/mol. The van der Waals surface area contributed by atoms with Crippen molar-refractivity contribution >= 4 is 21.5 Å². The molecule has 9 aromatic rings. The van der Waals surface area contributed by atoms with Crippen LogP contribution >= 0.6 is 0 Å². The zero-order valence-electron chi connectivity index (χ0n) is 27.1. The van der Waals surface area contributed by atoms with E-state index in [1.807, 2.05) is 85.2 Å². The van der Waals surface area contributed by atoms with Crippen LogP contribution in [0, 0.1) is 0 Å². The molecule has 2 heterocycles. The van der Waals surface area contributed by atoms with E-state index in [1.165, 1.54) is 21.5 Å². The summed E-state index contributed by atoms with van der Waals surface area (Å²) in [6.45, 7) is 0. The number of fused-ring (bicyclic) bond motifs is 3. The van der Waals surface area contributed by atoms with Crippen molar-refractivity contribution in [2.75, 3.05) is 0 Å². The summed E-state index contributed by atoms with van der Waals surface area (Å²) in [7, 11) is 0. The number of pyridine rings is 1. The molecule has 9 rings (SSSR count). The summed E-state index contributed by atoms with van der Waals surface area (Å²) in [4.78, 5) is 19.4. The summed E-state index contributed by atoms with van der Waals surface area (Å²) < 4.78 is 0. The standard InChI is InChI=1S/C46H30N4/c1-3-12-32(13-4-1)44-48-45(33-14-5-2-6-15-33)50-46(49-44)39-28-37(35-18-11-17-34(26-35)31-22-24-47-25-23-31)27-38(29-39)43-30-36-16-7-8-19-40(36)41-20-9-10-21-42(41)43/h1-30H. The number of nitrogens with zero attached hydrogens (tertiary/aromatic N) is 4. The molecule has 0 aliphatic rings. The molecular formula is C46H30N4. The molecule has 4 heteroatoms. The van der Waals surface area contributed by atoms with Crippen molar-refractivity contribution in [3.05, 3.63) is 182 Å². The summed E-state index contributed by atoms with van der Waals surface area (Å²) in [6, 6.07) is 59.3. The van der Waals surface area contributed by atoms with Gasteiger partial charge in [0.05, 0.1) is 0 Å². The molecule has 0 spiro atoms. The second kappa shape index (κ2) is 12.7. The second-order valence-corrected chi connectivity index (χ2v) is 12.3. The van der Waals surface area contributed by atoms with Crippen molar-refractivity contribution in [1.82, 2.24) is 19.9 Å². The van der Waals surface area contributed by atoms with E-state index in [9.17, 15) is 0 Å². The van der Waals surface area contributed by atoms with Crippen LogP contribution in [0.3, 0.4) is 0 Å². The van der Waals surface area contributed by atoms with Gasteiger partial charge in [0.1, 0.15) is 0 Å². The van der Waals surface area contributed by atoms with Crippen LogP contribution in [0.25, 0.3) is 89.1 Å². The molecule has 0 bridgehead atoms. The molecule has 0 unspecified atom stereocenters. The quantitative estimate of drug-likeness (QED) is 0.170. The predicted molar refractivity (Wildman–Crippen MR) is 205 cm³/mol. The predicted octanol–water partition coefficient (Wildman–Crippen LogP) is 11.6. The van der Waals surface area contributed by atoms with Gasteiger partial charge in [0.2, 0.25) is 0 Å². The first-order chi connectivity index (χ1) is 24.8. The van der Waals surface area contributed by atoms with Crippen LogP contribution in [0.2, 0.25) is 0 Å². The van der Waals surface area contributed by atoms with Crippen LogP contribution in [0.15, 0.2) is 182 Å². The Morgan fingerprint density at radius 1 is 0.280 bits per heavy atom. The smallest absolute Gasteiger partial charge is 0.164 e. The zero-order valence-corrected chi connectivity index (χ0v) is 27.1. The van der Waals surface area contributed by atoms with Crippen LogP contribution in [0.4, 0.5) is 0 Å². The average molecular weight is 639 g/mol. The van der Waals surface area contributed by atoms with Crippen molar-refractivity contribution in [3.8, 4) is 67.5 Å². The lowest BCUT2D eigenvalue weighted by atomic mass is 9.90. The van der Waals surface area contributed by atoms with Crippen molar-refractivity contribution < 1.29 is 0 Å². The van der Waals surface area contributed by atoms with Gasteiger partial charge in [-0.1, -0.05) is 127 Å². The highest BCUT2D eigenvalue weighted by Crippen LogP contribution is 2.39. The maximum absolute atomic E-state index is 5.12. The Morgan fingerprint density at radius 3 is 1.44 bits per heavy atom. The van der Waals surface area contributed by atoms with Gasteiger partial charge in [-0.15, -0.1) is 0 Å². The second-order valence-electron chi connectivity index (χ2n) is 12.3. The molecule has 0 fully saturated rings. The first kappa shape index (κ1) is 29.4. The van der Waals surface area contributed by atoms with Gasteiger partial charge in [-0.25, -0.2) is 15.0 Å². The van der Waals surface area contributed by atoms with Crippen LogP contribution in [-0.4, -0.2) is 19.9 Å². The Kier molecular flexibility index (Phi) is 7.45. The number of rotatable bonds is 6. The summed E-state index contributed by atoms with van der Waals surface area (Å²) in [5.41, 5.74) is 9.49. The Morgan fingerprint density at radius 2 is 0.760 bits per heavy atom. The van der Waals surface area contributed by atoms with Gasteiger partial charge >= 0.3 is 0 Å². The minimum absolute atomic E-state index is 0.621. The first-order valence-electron chi connectivity index (χ1n) is 16.7. The zero-order chi connectivity index (χ0) is 33.3. The Balaban J connectivity index is 1.31. The van der Waals surface area contributed by atoms with E-state index < -0.39 is 0 Å². The van der Waals surface area contributed by atoms with Gasteiger partial charge in [0.25, 0.3) is 0 Å². The van der Waals surface area contributed by atoms with E-state index in [-0.39, 0.29) is 0 Å². The van der Waals surface area contributed by atoms with Crippen molar-refractivity contribution in [3.63, 3.8) is 0 Å². The Bertz CT molecular complexity index is 2580. The maximum Gasteiger partial charge on any atom is 0.164 e. The van der Waals surface area contributed by atoms with Crippen LogP contribution in [0.5, 0.6) is 0 Å². The molecule has 0 N–H and O–H groups in total. The first-order valence-corrected chi connectivity index (χ1v) is 16.7. The highest BCUT2D eigenvalue weighted by atomic mass is 15.0. The third-order valence-corrected chi connectivity index (χ3v) is 9.18. The largest absolute Gasteiger partial charge is 0.265 e. The summed E-state index contributed by atoms with van der Waals surface area (Å²) in [6.07, 6.45) is 3.67. The summed E-state index contributed by atoms with van der Waals surface area (Å²) in [5.74, 6) is 1.89. The van der Waals surface area contributed by atoms with Gasteiger partial charge < -0.3 is 0 Å². The summed E-state index contributed by atoms with van der Waals surface area (Å²) >= 11 is 0. The third kappa shape index (κ3) is 5.59. The van der Waals surface area contributed by atoms with Crippen LogP contribution in [-0.2, 0) is 0 Å². The topological polar surface area (TPSA) is 51.6 Å². The Hall–Kier alpha value is -6.78. The van der Waals surface area contributed by atoms with Gasteiger partial charge in [-0.2, -0.15) is 0 Å². The minimum Gasteiger partial charge on any atom is -0.265 e. The molecule has 2 aromatic heterocycles. The molecule has 0 radical (unpaired) electrons. The van der Waals surface area contributed by atoms with E-state index in [4.69, 9.17) is 15.0 Å². The van der Waals surface area contributed by atoms with Crippen LogP contribution < -0.4 is 0 Å². The molecule has 0 amide bonds. The molecule has 0 aliphatic carbocycles. The number of benzene rings is 7. The Labute approximate surface area is 290 Å². The van der Waals surface area contributed by atoms with Gasteiger partial charge in [-0.3, -0.25) is 4.98 Å². The molecule has 0 saturated heterocycles. The maximum atomic E-state index is 5.12. The molecule has 0 aliphatic heterocycles. The summed E-state index contributed by atoms with van der Waals surface area (Å²) in [5, 5.41) is 4.87.